The fraction of sp³-hybridized carbons (Fsp3) is 0.316. The van der Waals surface area contributed by atoms with Gasteiger partial charge in [0, 0.05) is 24.5 Å². The second-order valence-corrected chi connectivity index (χ2v) is 9.12. The fourth-order valence-electron chi connectivity index (χ4n) is 3.40. The number of fused-ring (bicyclic) bond motifs is 1. The van der Waals surface area contributed by atoms with Crippen LogP contribution in [0, 0.1) is 10.5 Å². The van der Waals surface area contributed by atoms with Crippen molar-refractivity contribution in [2.24, 2.45) is 0 Å². The SMILES string of the molecule is O=S(=O)(NC1CCN(Cn2nnc3ccccc3c2=S)CC1)c1ccc(F)cc1. The number of likely N-dealkylation sites (tertiary alicyclic amines) is 1. The van der Waals surface area contributed by atoms with Crippen molar-refractivity contribution in [2.45, 2.75) is 30.4 Å². The van der Waals surface area contributed by atoms with E-state index in [4.69, 9.17) is 12.2 Å². The van der Waals surface area contributed by atoms with Crippen LogP contribution in [0.3, 0.4) is 0 Å². The van der Waals surface area contributed by atoms with Crippen LogP contribution in [0.1, 0.15) is 12.8 Å². The van der Waals surface area contributed by atoms with Gasteiger partial charge in [-0.1, -0.05) is 29.6 Å². The Morgan fingerprint density at radius 2 is 1.79 bits per heavy atom. The molecule has 0 unspecified atom stereocenters. The Labute approximate surface area is 173 Å². The highest BCUT2D eigenvalue weighted by molar-refractivity contribution is 7.89. The van der Waals surface area contributed by atoms with E-state index in [1.807, 2.05) is 24.3 Å². The molecule has 10 heteroatoms. The molecule has 0 spiro atoms. The van der Waals surface area contributed by atoms with Crippen molar-refractivity contribution in [3.8, 4) is 0 Å². The van der Waals surface area contributed by atoms with Crippen LogP contribution >= 0.6 is 12.2 Å². The van der Waals surface area contributed by atoms with Crippen LogP contribution in [-0.4, -0.2) is 47.4 Å². The smallest absolute Gasteiger partial charge is 0.240 e. The monoisotopic (exact) mass is 433 g/mol. The summed E-state index contributed by atoms with van der Waals surface area (Å²) in [4.78, 5) is 2.24. The van der Waals surface area contributed by atoms with E-state index in [2.05, 4.69) is 19.9 Å². The van der Waals surface area contributed by atoms with Gasteiger partial charge >= 0.3 is 0 Å². The second-order valence-electron chi connectivity index (χ2n) is 7.02. The molecule has 1 fully saturated rings. The molecule has 0 atom stereocenters. The summed E-state index contributed by atoms with van der Waals surface area (Å²) in [6, 6.07) is 12.3. The summed E-state index contributed by atoms with van der Waals surface area (Å²) in [5, 5.41) is 9.30. The van der Waals surface area contributed by atoms with Gasteiger partial charge in [0.05, 0.1) is 17.1 Å². The number of halogens is 1. The first kappa shape index (κ1) is 20.0. The van der Waals surface area contributed by atoms with Crippen molar-refractivity contribution >= 4 is 33.1 Å². The lowest BCUT2D eigenvalue weighted by atomic mass is 10.1. The Bertz CT molecular complexity index is 1170. The summed E-state index contributed by atoms with van der Waals surface area (Å²) in [7, 11) is -3.66. The van der Waals surface area contributed by atoms with Gasteiger partial charge in [0.25, 0.3) is 0 Å². The van der Waals surface area contributed by atoms with Crippen molar-refractivity contribution in [2.75, 3.05) is 13.1 Å². The quantitative estimate of drug-likeness (QED) is 0.624. The summed E-state index contributed by atoms with van der Waals surface area (Å²) >= 11 is 5.54. The largest absolute Gasteiger partial charge is 0.284 e. The van der Waals surface area contributed by atoms with E-state index in [1.54, 1.807) is 4.68 Å². The van der Waals surface area contributed by atoms with Crippen molar-refractivity contribution in [1.82, 2.24) is 24.6 Å². The molecule has 0 saturated carbocycles. The van der Waals surface area contributed by atoms with Crippen molar-refractivity contribution in [3.63, 3.8) is 0 Å². The van der Waals surface area contributed by atoms with Crippen LogP contribution in [0.25, 0.3) is 10.9 Å². The molecule has 1 aromatic heterocycles. The maximum absolute atomic E-state index is 13.0. The third kappa shape index (κ3) is 4.50. The normalized spacial score (nSPS) is 16.3. The first-order valence-corrected chi connectivity index (χ1v) is 11.1. The van der Waals surface area contributed by atoms with Crippen molar-refractivity contribution in [1.29, 1.82) is 0 Å². The summed E-state index contributed by atoms with van der Waals surface area (Å²) in [6.45, 7) is 1.91. The molecule has 0 aliphatic carbocycles. The summed E-state index contributed by atoms with van der Waals surface area (Å²) < 4.78 is 43.0. The van der Waals surface area contributed by atoms with Gasteiger partial charge in [0.15, 0.2) is 0 Å². The Morgan fingerprint density at radius 1 is 1.10 bits per heavy atom. The van der Waals surface area contributed by atoms with E-state index >= 15 is 0 Å². The lowest BCUT2D eigenvalue weighted by molar-refractivity contribution is 0.155. The maximum Gasteiger partial charge on any atom is 0.240 e. The minimum atomic E-state index is -3.66. The number of nitrogens with zero attached hydrogens (tertiary/aromatic N) is 4. The Kier molecular flexibility index (Phi) is 5.68. The summed E-state index contributed by atoms with van der Waals surface area (Å²) in [5.74, 6) is -0.465. The predicted octanol–water partition coefficient (Wildman–Crippen LogP) is 2.70. The molecule has 1 aliphatic rings. The topological polar surface area (TPSA) is 80.1 Å². The second kappa shape index (κ2) is 8.23. The van der Waals surface area contributed by atoms with Crippen LogP contribution < -0.4 is 4.72 Å². The molecular formula is C19H20FN5O2S2. The molecule has 2 aromatic carbocycles. The molecule has 29 heavy (non-hydrogen) atoms. The van der Waals surface area contributed by atoms with E-state index in [0.717, 1.165) is 23.0 Å². The molecule has 1 aliphatic heterocycles. The highest BCUT2D eigenvalue weighted by Crippen LogP contribution is 2.17. The average Bonchev–Trinajstić information content (AvgIpc) is 2.72. The highest BCUT2D eigenvalue weighted by Gasteiger charge is 2.25. The number of rotatable bonds is 5. The molecule has 4 rings (SSSR count). The van der Waals surface area contributed by atoms with E-state index < -0.39 is 15.8 Å². The summed E-state index contributed by atoms with van der Waals surface area (Å²) in [5.41, 5.74) is 0.766. The van der Waals surface area contributed by atoms with Gasteiger partial charge < -0.3 is 0 Å². The van der Waals surface area contributed by atoms with Gasteiger partial charge in [-0.2, -0.15) is 0 Å². The van der Waals surface area contributed by atoms with Crippen LogP contribution in [-0.2, 0) is 16.7 Å². The molecule has 1 saturated heterocycles. The number of sulfonamides is 1. The van der Waals surface area contributed by atoms with Crippen LogP contribution in [0.2, 0.25) is 0 Å². The number of hydrogen-bond acceptors (Lipinski definition) is 6. The number of piperidine rings is 1. The van der Waals surface area contributed by atoms with Crippen LogP contribution in [0.4, 0.5) is 4.39 Å². The number of hydrogen-bond donors (Lipinski definition) is 1. The molecule has 2 heterocycles. The van der Waals surface area contributed by atoms with E-state index in [-0.39, 0.29) is 10.9 Å². The van der Waals surface area contributed by atoms with Crippen molar-refractivity contribution < 1.29 is 12.8 Å². The van der Waals surface area contributed by atoms with Crippen molar-refractivity contribution in [3.05, 3.63) is 59.0 Å². The third-order valence-electron chi connectivity index (χ3n) is 5.00. The van der Waals surface area contributed by atoms with E-state index in [1.165, 1.54) is 12.1 Å². The minimum absolute atomic E-state index is 0.0686. The van der Waals surface area contributed by atoms with E-state index in [9.17, 15) is 12.8 Å². The van der Waals surface area contributed by atoms with Gasteiger partial charge in [-0.25, -0.2) is 22.2 Å². The van der Waals surface area contributed by atoms with Gasteiger partial charge in [0.1, 0.15) is 10.5 Å². The molecule has 0 amide bonds. The van der Waals surface area contributed by atoms with Gasteiger partial charge in [-0.15, -0.1) is 5.10 Å². The zero-order valence-corrected chi connectivity index (χ0v) is 17.2. The maximum atomic E-state index is 13.0. The highest BCUT2D eigenvalue weighted by atomic mass is 32.2. The third-order valence-corrected chi connectivity index (χ3v) is 6.96. The van der Waals surface area contributed by atoms with Gasteiger partial charge in [0.2, 0.25) is 10.0 Å². The Morgan fingerprint density at radius 3 is 2.52 bits per heavy atom. The van der Waals surface area contributed by atoms with E-state index in [0.29, 0.717) is 37.2 Å². The zero-order chi connectivity index (χ0) is 20.4. The lowest BCUT2D eigenvalue weighted by Gasteiger charge is -2.32. The Balaban J connectivity index is 1.38. The van der Waals surface area contributed by atoms with Crippen LogP contribution in [0.5, 0.6) is 0 Å². The molecular weight excluding hydrogens is 413 g/mol. The fourth-order valence-corrected chi connectivity index (χ4v) is 4.97. The molecule has 0 radical (unpaired) electrons. The summed E-state index contributed by atoms with van der Waals surface area (Å²) in [6.07, 6.45) is 1.32. The van der Waals surface area contributed by atoms with Gasteiger partial charge in [-0.05, 0) is 49.2 Å². The zero-order valence-electron chi connectivity index (χ0n) is 15.5. The first-order chi connectivity index (χ1) is 13.9. The standard InChI is InChI=1S/C19H20FN5O2S2/c20-14-5-7-16(8-6-14)29(26,27)22-15-9-11-24(12-10-15)13-25-19(28)17-3-1-2-4-18(17)21-23-25/h1-8,15,22H,9-13H2. The number of benzene rings is 2. The molecule has 152 valence electrons. The predicted molar refractivity (Wildman–Crippen MR) is 110 cm³/mol. The minimum Gasteiger partial charge on any atom is -0.284 e. The molecule has 7 nitrogen and oxygen atoms in total. The Hall–Kier alpha value is -2.27. The number of aromatic nitrogens is 3. The van der Waals surface area contributed by atoms with Gasteiger partial charge in [-0.3, -0.25) is 4.90 Å². The first-order valence-electron chi connectivity index (χ1n) is 9.25. The molecule has 3 aromatic rings. The lowest BCUT2D eigenvalue weighted by Crippen LogP contribution is -2.45. The van der Waals surface area contributed by atoms with Crippen LogP contribution in [0.15, 0.2) is 53.4 Å². The average molecular weight is 434 g/mol. The number of nitrogens with one attached hydrogen (secondary N) is 1. The molecule has 1 N–H and O–H groups in total. The molecule has 0 bridgehead atoms.